The van der Waals surface area contributed by atoms with Gasteiger partial charge in [-0.15, -0.1) is 0 Å². The molecule has 0 aliphatic rings. The molecule has 94 valence electrons. The molecule has 4 N–H and O–H groups in total. The topological polar surface area (TPSA) is 119 Å². The first kappa shape index (κ1) is 13.5. The van der Waals surface area contributed by atoms with E-state index in [0.717, 1.165) is 5.75 Å². The van der Waals surface area contributed by atoms with Crippen molar-refractivity contribution in [3.8, 4) is 0 Å². The average molecular weight is 258 g/mol. The van der Waals surface area contributed by atoms with Crippen molar-refractivity contribution in [3.05, 3.63) is 16.4 Å². The van der Waals surface area contributed by atoms with Gasteiger partial charge in [-0.1, -0.05) is 0 Å². The molecule has 1 heterocycles. The summed E-state index contributed by atoms with van der Waals surface area (Å²) >= 11 is 1.64. The van der Waals surface area contributed by atoms with Crippen LogP contribution in [0.5, 0.6) is 0 Å². The fourth-order valence-electron chi connectivity index (χ4n) is 1.29. The van der Waals surface area contributed by atoms with Crippen molar-refractivity contribution in [1.29, 1.82) is 0 Å². The minimum Gasteiger partial charge on any atom is -0.361 e. The Morgan fingerprint density at radius 3 is 2.76 bits per heavy atom. The highest BCUT2D eigenvalue weighted by molar-refractivity contribution is 7.98. The van der Waals surface area contributed by atoms with Crippen molar-refractivity contribution in [2.45, 2.75) is 13.0 Å². The second-order valence-corrected chi connectivity index (χ2v) is 4.23. The van der Waals surface area contributed by atoms with Gasteiger partial charge in [0.1, 0.15) is 6.33 Å². The summed E-state index contributed by atoms with van der Waals surface area (Å²) in [5, 5.41) is 13.9. The predicted molar refractivity (Wildman–Crippen MR) is 68.0 cm³/mol. The van der Waals surface area contributed by atoms with Crippen molar-refractivity contribution in [2.24, 2.45) is 5.84 Å². The Labute approximate surface area is 103 Å². The zero-order valence-corrected chi connectivity index (χ0v) is 10.3. The Morgan fingerprint density at radius 2 is 2.24 bits per heavy atom. The number of nitrogen functional groups attached to an aromatic ring is 1. The quantitative estimate of drug-likeness (QED) is 0.390. The van der Waals surface area contributed by atoms with Gasteiger partial charge in [-0.2, -0.15) is 11.8 Å². The van der Waals surface area contributed by atoms with Crippen LogP contribution in [0, 0.1) is 10.1 Å². The van der Waals surface area contributed by atoms with E-state index >= 15 is 0 Å². The van der Waals surface area contributed by atoms with E-state index in [0.29, 0.717) is 0 Å². The Hall–Kier alpha value is -1.61. The molecule has 0 radical (unpaired) electrons. The molecule has 1 aromatic heterocycles. The number of hydrogen-bond donors (Lipinski definition) is 3. The predicted octanol–water partition coefficient (Wildman–Crippen LogP) is 0.834. The molecule has 1 rings (SSSR count). The second-order valence-electron chi connectivity index (χ2n) is 3.32. The molecule has 8 nitrogen and oxygen atoms in total. The maximum Gasteiger partial charge on any atom is 0.354 e. The zero-order valence-electron chi connectivity index (χ0n) is 9.51. The van der Waals surface area contributed by atoms with Gasteiger partial charge >= 0.3 is 5.69 Å². The highest BCUT2D eigenvalue weighted by atomic mass is 32.2. The van der Waals surface area contributed by atoms with Gasteiger partial charge in [0.05, 0.1) is 4.92 Å². The second kappa shape index (κ2) is 6.21. The van der Waals surface area contributed by atoms with Crippen molar-refractivity contribution in [3.63, 3.8) is 0 Å². The van der Waals surface area contributed by atoms with Crippen molar-refractivity contribution < 1.29 is 4.92 Å². The number of nitro groups is 1. The lowest BCUT2D eigenvalue weighted by atomic mass is 10.3. The van der Waals surface area contributed by atoms with Crippen LogP contribution in [0.1, 0.15) is 6.92 Å². The molecule has 1 aromatic rings. The number of anilines is 2. The Bertz CT molecular complexity index is 402. The number of thioether (sulfide) groups is 1. The lowest BCUT2D eigenvalue weighted by molar-refractivity contribution is -0.383. The number of nitrogens with one attached hydrogen (secondary N) is 2. The molecule has 1 atom stereocenters. The molecule has 0 fully saturated rings. The largest absolute Gasteiger partial charge is 0.361 e. The first-order valence-electron chi connectivity index (χ1n) is 4.81. The summed E-state index contributed by atoms with van der Waals surface area (Å²) < 4.78 is 0. The van der Waals surface area contributed by atoms with Gasteiger partial charge in [0, 0.05) is 11.8 Å². The van der Waals surface area contributed by atoms with Crippen LogP contribution in [0.15, 0.2) is 6.33 Å². The summed E-state index contributed by atoms with van der Waals surface area (Å²) in [6.07, 6.45) is 3.18. The van der Waals surface area contributed by atoms with E-state index in [4.69, 9.17) is 5.84 Å². The standard InChI is InChI=1S/C8H14N6O2S/c1-5(3-17-2)12-7-6(14(15)16)8(13-9)11-4-10-7/h4-5H,3,9H2,1-2H3,(H2,10,11,12,13). The maximum atomic E-state index is 10.9. The number of nitrogens with zero attached hydrogens (tertiary/aromatic N) is 3. The Kier molecular flexibility index (Phi) is 4.91. The van der Waals surface area contributed by atoms with Crippen LogP contribution in [-0.4, -0.2) is 32.9 Å². The van der Waals surface area contributed by atoms with Crippen LogP contribution in [0.3, 0.4) is 0 Å². The highest BCUT2D eigenvalue weighted by Crippen LogP contribution is 2.28. The van der Waals surface area contributed by atoms with Crippen LogP contribution in [0.25, 0.3) is 0 Å². The molecule has 0 aliphatic carbocycles. The summed E-state index contributed by atoms with van der Waals surface area (Å²) in [6.45, 7) is 1.91. The number of rotatable bonds is 6. The van der Waals surface area contributed by atoms with E-state index in [1.807, 2.05) is 13.2 Å². The van der Waals surface area contributed by atoms with Crippen LogP contribution in [0.4, 0.5) is 17.3 Å². The van der Waals surface area contributed by atoms with E-state index in [1.165, 1.54) is 6.33 Å². The molecule has 0 saturated carbocycles. The highest BCUT2D eigenvalue weighted by Gasteiger charge is 2.23. The average Bonchev–Trinajstić information content (AvgIpc) is 2.28. The van der Waals surface area contributed by atoms with E-state index in [-0.39, 0.29) is 23.4 Å². The molecule has 0 bridgehead atoms. The number of hydrogen-bond acceptors (Lipinski definition) is 8. The molecule has 0 aromatic carbocycles. The lowest BCUT2D eigenvalue weighted by Crippen LogP contribution is -2.21. The van der Waals surface area contributed by atoms with Crippen molar-refractivity contribution in [1.82, 2.24) is 9.97 Å². The van der Waals surface area contributed by atoms with Crippen LogP contribution >= 0.6 is 11.8 Å². The van der Waals surface area contributed by atoms with Crippen LogP contribution in [-0.2, 0) is 0 Å². The molecule has 0 saturated heterocycles. The smallest absolute Gasteiger partial charge is 0.354 e. The molecule has 17 heavy (non-hydrogen) atoms. The van der Waals surface area contributed by atoms with E-state index in [1.54, 1.807) is 11.8 Å². The minimum atomic E-state index is -0.566. The molecule has 0 spiro atoms. The molecule has 9 heteroatoms. The Morgan fingerprint density at radius 1 is 1.59 bits per heavy atom. The first-order chi connectivity index (χ1) is 8.10. The summed E-state index contributed by atoms with van der Waals surface area (Å²) in [5.74, 6) is 6.14. The third kappa shape index (κ3) is 3.43. The molecule has 0 amide bonds. The third-order valence-corrected chi connectivity index (χ3v) is 2.77. The lowest BCUT2D eigenvalue weighted by Gasteiger charge is -2.13. The van der Waals surface area contributed by atoms with Gasteiger partial charge in [-0.05, 0) is 13.2 Å². The van der Waals surface area contributed by atoms with E-state index < -0.39 is 4.92 Å². The third-order valence-electron chi connectivity index (χ3n) is 1.94. The normalized spacial score (nSPS) is 11.9. The maximum absolute atomic E-state index is 10.9. The van der Waals surface area contributed by atoms with E-state index in [2.05, 4.69) is 20.7 Å². The summed E-state index contributed by atoms with van der Waals surface area (Å²) in [7, 11) is 0. The molecular weight excluding hydrogens is 244 g/mol. The molecule has 0 aliphatic heterocycles. The monoisotopic (exact) mass is 258 g/mol. The van der Waals surface area contributed by atoms with Gasteiger partial charge < -0.3 is 10.7 Å². The summed E-state index contributed by atoms with van der Waals surface area (Å²) in [5.41, 5.74) is 1.94. The van der Waals surface area contributed by atoms with Crippen LogP contribution < -0.4 is 16.6 Å². The number of nitrogens with two attached hydrogens (primary N) is 1. The minimum absolute atomic E-state index is 0.0103. The SMILES string of the molecule is CSCC(C)Nc1ncnc(NN)c1[N+](=O)[O-]. The summed E-state index contributed by atoms with van der Waals surface area (Å²) in [6, 6.07) is 0.0595. The van der Waals surface area contributed by atoms with Gasteiger partial charge in [-0.3, -0.25) is 10.1 Å². The Balaban J connectivity index is 3.02. The van der Waals surface area contributed by atoms with E-state index in [9.17, 15) is 10.1 Å². The van der Waals surface area contributed by atoms with Crippen molar-refractivity contribution >= 4 is 29.1 Å². The fourth-order valence-corrected chi connectivity index (χ4v) is 1.87. The molecule has 1 unspecified atom stereocenters. The number of hydrazine groups is 1. The fraction of sp³-hybridized carbons (Fsp3) is 0.500. The number of aromatic nitrogens is 2. The van der Waals surface area contributed by atoms with Crippen molar-refractivity contribution in [2.75, 3.05) is 22.8 Å². The first-order valence-corrected chi connectivity index (χ1v) is 6.21. The van der Waals surface area contributed by atoms with Gasteiger partial charge in [0.2, 0.25) is 11.6 Å². The zero-order chi connectivity index (χ0) is 12.8. The van der Waals surface area contributed by atoms with Gasteiger partial charge in [-0.25, -0.2) is 15.8 Å². The van der Waals surface area contributed by atoms with Crippen LogP contribution in [0.2, 0.25) is 0 Å². The summed E-state index contributed by atoms with van der Waals surface area (Å²) in [4.78, 5) is 17.9. The molecular formula is C8H14N6O2S. The van der Waals surface area contributed by atoms with Gasteiger partial charge in [0.25, 0.3) is 0 Å². The van der Waals surface area contributed by atoms with Gasteiger partial charge in [0.15, 0.2) is 0 Å².